The van der Waals surface area contributed by atoms with Crippen LogP contribution in [0, 0.1) is 5.92 Å². The Labute approximate surface area is 129 Å². The summed E-state index contributed by atoms with van der Waals surface area (Å²) in [4.78, 5) is 27.0. The molecular weight excluding hydrogens is 282 g/mol. The van der Waals surface area contributed by atoms with Gasteiger partial charge in [-0.3, -0.25) is 4.79 Å². The maximum atomic E-state index is 12.5. The van der Waals surface area contributed by atoms with E-state index in [1.165, 1.54) is 6.08 Å². The number of hydrogen-bond donors (Lipinski definition) is 0. The summed E-state index contributed by atoms with van der Waals surface area (Å²) in [5.74, 6) is -0.615. The minimum Gasteiger partial charge on any atom is -0.473 e. The molecule has 2 aliphatic heterocycles. The van der Waals surface area contributed by atoms with E-state index >= 15 is 0 Å². The van der Waals surface area contributed by atoms with Gasteiger partial charge >= 0.3 is 5.97 Å². The van der Waals surface area contributed by atoms with Crippen LogP contribution in [0.25, 0.3) is 5.76 Å². The summed E-state index contributed by atoms with van der Waals surface area (Å²) in [6, 6.07) is 9.34. The van der Waals surface area contributed by atoms with Crippen LogP contribution in [0.2, 0.25) is 0 Å². The van der Waals surface area contributed by atoms with Crippen molar-refractivity contribution in [2.45, 2.75) is 12.5 Å². The van der Waals surface area contributed by atoms with Gasteiger partial charge in [0.15, 0.2) is 5.78 Å². The van der Waals surface area contributed by atoms with Gasteiger partial charge in [0, 0.05) is 24.7 Å². The molecule has 3 rings (SSSR count). The van der Waals surface area contributed by atoms with Gasteiger partial charge in [0.2, 0.25) is 5.60 Å². The van der Waals surface area contributed by atoms with E-state index in [1.807, 2.05) is 42.3 Å². The molecule has 116 valence electrons. The van der Waals surface area contributed by atoms with Crippen molar-refractivity contribution < 1.29 is 19.1 Å². The molecule has 0 aliphatic carbocycles. The molecule has 22 heavy (non-hydrogen) atoms. The molecule has 0 bridgehead atoms. The zero-order valence-electron chi connectivity index (χ0n) is 12.7. The molecule has 2 atom stereocenters. The molecule has 1 aromatic carbocycles. The summed E-state index contributed by atoms with van der Waals surface area (Å²) in [5.41, 5.74) is -0.450. The van der Waals surface area contributed by atoms with E-state index in [0.717, 1.165) is 5.56 Å². The van der Waals surface area contributed by atoms with Crippen LogP contribution < -0.4 is 0 Å². The van der Waals surface area contributed by atoms with E-state index in [9.17, 15) is 9.59 Å². The van der Waals surface area contributed by atoms with Crippen LogP contribution in [-0.4, -0.2) is 49.0 Å². The molecule has 5 heteroatoms. The van der Waals surface area contributed by atoms with Gasteiger partial charge in [-0.25, -0.2) is 4.79 Å². The van der Waals surface area contributed by atoms with Crippen LogP contribution in [0.4, 0.5) is 0 Å². The normalized spacial score (nSPS) is 27.8. The molecule has 1 saturated heterocycles. The number of allylic oxidation sites excluding steroid dienone is 1. The van der Waals surface area contributed by atoms with Crippen LogP contribution in [-0.2, 0) is 19.1 Å². The number of likely N-dealkylation sites (tertiary alicyclic amines) is 1. The van der Waals surface area contributed by atoms with E-state index in [2.05, 4.69) is 0 Å². The van der Waals surface area contributed by atoms with Crippen molar-refractivity contribution in [1.82, 2.24) is 4.90 Å². The van der Waals surface area contributed by atoms with Crippen molar-refractivity contribution >= 4 is 17.5 Å². The Kier molecular flexibility index (Phi) is 3.74. The van der Waals surface area contributed by atoms with Gasteiger partial charge in [0.1, 0.15) is 5.76 Å². The van der Waals surface area contributed by atoms with Crippen LogP contribution in [0.1, 0.15) is 12.5 Å². The fourth-order valence-corrected chi connectivity index (χ4v) is 3.16. The number of rotatable bonds is 3. The summed E-state index contributed by atoms with van der Waals surface area (Å²) >= 11 is 0. The minimum absolute atomic E-state index is 0.0810. The van der Waals surface area contributed by atoms with Crippen LogP contribution >= 0.6 is 0 Å². The van der Waals surface area contributed by atoms with Gasteiger partial charge in [-0.2, -0.15) is 0 Å². The zero-order chi connectivity index (χ0) is 15.7. The first-order chi connectivity index (χ1) is 10.6. The Bertz CT molecular complexity index is 625. The summed E-state index contributed by atoms with van der Waals surface area (Å²) in [5, 5.41) is 0. The molecule has 1 aromatic rings. The number of ether oxygens (including phenoxy) is 2. The number of likely N-dealkylation sites (N-methyl/N-ethyl adjacent to an activating group) is 1. The fraction of sp³-hybridized carbons (Fsp3) is 0.412. The monoisotopic (exact) mass is 301 g/mol. The predicted octanol–water partition coefficient (Wildman–Crippen LogP) is 1.49. The summed E-state index contributed by atoms with van der Waals surface area (Å²) < 4.78 is 11.3. The van der Waals surface area contributed by atoms with Crippen LogP contribution in [0.5, 0.6) is 0 Å². The van der Waals surface area contributed by atoms with Crippen molar-refractivity contribution in [3.63, 3.8) is 0 Å². The van der Waals surface area contributed by atoms with E-state index < -0.39 is 17.5 Å². The molecule has 2 unspecified atom stereocenters. The highest BCUT2D eigenvalue weighted by atomic mass is 16.6. The topological polar surface area (TPSA) is 55.8 Å². The largest absolute Gasteiger partial charge is 0.473 e. The number of hydrogen-bond acceptors (Lipinski definition) is 5. The van der Waals surface area contributed by atoms with Gasteiger partial charge in [-0.1, -0.05) is 30.3 Å². The molecule has 1 fully saturated rings. The first-order valence-electron chi connectivity index (χ1n) is 7.42. The maximum absolute atomic E-state index is 12.5. The number of fused-ring (bicyclic) bond motifs is 1. The van der Waals surface area contributed by atoms with E-state index in [0.29, 0.717) is 18.8 Å². The Hall–Kier alpha value is -2.14. The van der Waals surface area contributed by atoms with Gasteiger partial charge in [-0.15, -0.1) is 0 Å². The summed E-state index contributed by atoms with van der Waals surface area (Å²) in [6.07, 6.45) is 1.50. The second-order valence-electron chi connectivity index (χ2n) is 5.74. The number of carbonyl (C=O) groups is 2. The van der Waals surface area contributed by atoms with E-state index in [1.54, 1.807) is 6.92 Å². The van der Waals surface area contributed by atoms with Crippen molar-refractivity contribution in [1.29, 1.82) is 0 Å². The number of carbonyl (C=O) groups excluding carboxylic acids is 2. The molecule has 0 aromatic heterocycles. The lowest BCUT2D eigenvalue weighted by Gasteiger charge is -2.35. The number of ketones is 1. The fourth-order valence-electron chi connectivity index (χ4n) is 3.16. The highest BCUT2D eigenvalue weighted by molar-refractivity contribution is 6.04. The molecule has 2 heterocycles. The quantitative estimate of drug-likeness (QED) is 0.792. The third-order valence-electron chi connectivity index (χ3n) is 4.15. The zero-order valence-corrected chi connectivity index (χ0v) is 12.7. The SMILES string of the molecule is CCOC(=O)C12CN(C)CC1C(=O)C=C(c1ccccc1)O2. The first-order valence-corrected chi connectivity index (χ1v) is 7.42. The Morgan fingerprint density at radius 1 is 1.41 bits per heavy atom. The minimum atomic E-state index is -1.23. The van der Waals surface area contributed by atoms with E-state index in [4.69, 9.17) is 9.47 Å². The Morgan fingerprint density at radius 2 is 2.14 bits per heavy atom. The summed E-state index contributed by atoms with van der Waals surface area (Å²) in [6.45, 7) is 2.86. The molecule has 5 nitrogen and oxygen atoms in total. The highest BCUT2D eigenvalue weighted by Crippen LogP contribution is 2.40. The lowest BCUT2D eigenvalue weighted by molar-refractivity contribution is -0.169. The third-order valence-corrected chi connectivity index (χ3v) is 4.15. The van der Waals surface area contributed by atoms with Gasteiger partial charge in [0.05, 0.1) is 12.5 Å². The molecule has 0 radical (unpaired) electrons. The summed E-state index contributed by atoms with van der Waals surface area (Å²) in [7, 11) is 1.87. The molecule has 0 N–H and O–H groups in total. The number of esters is 1. The standard InChI is InChI=1S/C17H19NO4/c1-3-21-16(20)17-11-18(2)10-13(17)14(19)9-15(22-17)12-7-5-4-6-8-12/h4-9,13H,3,10-11H2,1-2H3. The second-order valence-corrected chi connectivity index (χ2v) is 5.74. The molecule has 0 spiro atoms. The smallest absolute Gasteiger partial charge is 0.352 e. The number of benzene rings is 1. The molecule has 2 aliphatic rings. The Morgan fingerprint density at radius 3 is 2.82 bits per heavy atom. The van der Waals surface area contributed by atoms with Crippen molar-refractivity contribution in [2.75, 3.05) is 26.7 Å². The van der Waals surface area contributed by atoms with Crippen LogP contribution in [0.15, 0.2) is 36.4 Å². The average molecular weight is 301 g/mol. The molecule has 0 amide bonds. The van der Waals surface area contributed by atoms with Gasteiger partial charge < -0.3 is 14.4 Å². The van der Waals surface area contributed by atoms with E-state index in [-0.39, 0.29) is 12.4 Å². The van der Waals surface area contributed by atoms with Crippen molar-refractivity contribution in [3.05, 3.63) is 42.0 Å². The van der Waals surface area contributed by atoms with Crippen molar-refractivity contribution in [3.8, 4) is 0 Å². The molecular formula is C17H19NO4. The average Bonchev–Trinajstić information content (AvgIpc) is 2.86. The lowest BCUT2D eigenvalue weighted by Crippen LogP contribution is -2.53. The first kappa shape index (κ1) is 14.8. The maximum Gasteiger partial charge on any atom is 0.352 e. The van der Waals surface area contributed by atoms with Gasteiger partial charge in [-0.05, 0) is 14.0 Å². The Balaban J connectivity index is 2.01. The van der Waals surface area contributed by atoms with Crippen molar-refractivity contribution in [2.24, 2.45) is 5.92 Å². The highest BCUT2D eigenvalue weighted by Gasteiger charge is 2.59. The lowest BCUT2D eigenvalue weighted by atomic mass is 9.84. The second kappa shape index (κ2) is 5.57. The van der Waals surface area contributed by atoms with Gasteiger partial charge in [0.25, 0.3) is 0 Å². The van der Waals surface area contributed by atoms with Crippen LogP contribution in [0.3, 0.4) is 0 Å². The predicted molar refractivity (Wildman–Crippen MR) is 80.9 cm³/mol. The number of nitrogens with zero attached hydrogens (tertiary/aromatic N) is 1. The molecule has 0 saturated carbocycles. The third kappa shape index (κ3) is 2.31.